The topological polar surface area (TPSA) is 93.7 Å². The number of nitrogens with zero attached hydrogens (tertiary/aromatic N) is 4. The summed E-state index contributed by atoms with van der Waals surface area (Å²) in [5, 5.41) is 1.89. The van der Waals surface area contributed by atoms with E-state index in [-0.39, 0.29) is 15.9 Å². The van der Waals surface area contributed by atoms with Gasteiger partial charge < -0.3 is 20.4 Å². The Balaban J connectivity index is 1.94. The molecule has 1 fully saturated rings. The van der Waals surface area contributed by atoms with Crippen molar-refractivity contribution < 1.29 is 13.9 Å². The van der Waals surface area contributed by atoms with Gasteiger partial charge in [0.25, 0.3) is 5.56 Å². The van der Waals surface area contributed by atoms with Crippen molar-refractivity contribution in [2.75, 3.05) is 31.2 Å². The van der Waals surface area contributed by atoms with E-state index in [9.17, 15) is 14.0 Å². The molecular formula is C19H25ClFN5O3. The van der Waals surface area contributed by atoms with E-state index < -0.39 is 29.1 Å². The lowest BCUT2D eigenvalue weighted by atomic mass is 10.2. The summed E-state index contributed by atoms with van der Waals surface area (Å²) in [5.74, 6) is -0.294. The molecule has 0 saturated carbocycles. The van der Waals surface area contributed by atoms with E-state index >= 15 is 0 Å². The number of nitrogens with two attached hydrogens (primary N) is 1. The molecule has 2 heterocycles. The second-order valence-electron chi connectivity index (χ2n) is 8.08. The van der Waals surface area contributed by atoms with Gasteiger partial charge in [-0.05, 0) is 39.8 Å². The normalized spacial score (nSPS) is 16.2. The van der Waals surface area contributed by atoms with Crippen LogP contribution in [0.3, 0.4) is 0 Å². The van der Waals surface area contributed by atoms with E-state index in [4.69, 9.17) is 22.1 Å². The molecule has 1 aromatic carbocycles. The van der Waals surface area contributed by atoms with Gasteiger partial charge in [0.05, 0.1) is 35.1 Å². The van der Waals surface area contributed by atoms with Gasteiger partial charge in [0.2, 0.25) is 0 Å². The van der Waals surface area contributed by atoms with E-state index in [1.54, 1.807) is 37.6 Å². The quantitative estimate of drug-likeness (QED) is 0.794. The molecule has 2 N–H and O–H groups in total. The predicted molar refractivity (Wildman–Crippen MR) is 109 cm³/mol. The fourth-order valence-electron chi connectivity index (χ4n) is 3.20. The molecule has 1 saturated heterocycles. The van der Waals surface area contributed by atoms with Gasteiger partial charge in [-0.15, -0.1) is 0 Å². The van der Waals surface area contributed by atoms with Gasteiger partial charge in [0, 0.05) is 13.1 Å². The molecule has 0 spiro atoms. The Hall–Kier alpha value is -2.39. The molecule has 158 valence electrons. The molecule has 8 nitrogen and oxygen atoms in total. The zero-order chi connectivity index (χ0) is 21.5. The first-order valence-corrected chi connectivity index (χ1v) is 9.76. The van der Waals surface area contributed by atoms with Gasteiger partial charge in [-0.2, -0.15) is 0 Å². The number of halogens is 2. The predicted octanol–water partition coefficient (Wildman–Crippen LogP) is 2.40. The Labute approximate surface area is 173 Å². The third-order valence-corrected chi connectivity index (χ3v) is 4.78. The Morgan fingerprint density at radius 2 is 1.90 bits per heavy atom. The van der Waals surface area contributed by atoms with Crippen molar-refractivity contribution in [3.8, 4) is 0 Å². The maximum absolute atomic E-state index is 13.8. The first-order chi connectivity index (χ1) is 13.5. The zero-order valence-electron chi connectivity index (χ0n) is 16.9. The number of amides is 1. The summed E-state index contributed by atoms with van der Waals surface area (Å²) >= 11 is 6.09. The number of rotatable bonds is 2. The number of aromatic nitrogens is 2. The van der Waals surface area contributed by atoms with Crippen molar-refractivity contribution >= 4 is 28.6 Å². The van der Waals surface area contributed by atoms with Gasteiger partial charge in [0.15, 0.2) is 0 Å². The molecule has 29 heavy (non-hydrogen) atoms. The number of hydrogen-bond donors (Lipinski definition) is 1. The van der Waals surface area contributed by atoms with Crippen LogP contribution in [0.5, 0.6) is 0 Å². The molecule has 0 bridgehead atoms. The van der Waals surface area contributed by atoms with Gasteiger partial charge >= 0.3 is 6.09 Å². The van der Waals surface area contributed by atoms with Crippen LogP contribution in [0.15, 0.2) is 16.9 Å². The summed E-state index contributed by atoms with van der Waals surface area (Å²) in [4.78, 5) is 31.5. The highest BCUT2D eigenvalue weighted by Gasteiger charge is 2.28. The molecule has 3 rings (SSSR count). The van der Waals surface area contributed by atoms with Crippen LogP contribution in [0.25, 0.3) is 10.9 Å². The van der Waals surface area contributed by atoms with Crippen LogP contribution in [-0.4, -0.2) is 52.4 Å². The number of fused-ring (bicyclic) bond motifs is 1. The second kappa shape index (κ2) is 7.79. The average Bonchev–Trinajstić information content (AvgIpc) is 2.61. The molecule has 1 unspecified atom stereocenters. The highest BCUT2D eigenvalue weighted by atomic mass is 35.5. The van der Waals surface area contributed by atoms with Crippen LogP contribution >= 0.6 is 11.6 Å². The summed E-state index contributed by atoms with van der Waals surface area (Å²) in [6.07, 6.45) is -0.401. The van der Waals surface area contributed by atoms with Crippen LogP contribution in [0.4, 0.5) is 9.18 Å². The number of carbonyl (C=O) groups is 1. The summed E-state index contributed by atoms with van der Waals surface area (Å²) in [6.45, 7) is 8.59. The number of ether oxygens (including phenoxy) is 1. The van der Waals surface area contributed by atoms with Gasteiger partial charge in [-0.3, -0.25) is 4.79 Å². The largest absolute Gasteiger partial charge is 0.444 e. The van der Waals surface area contributed by atoms with Gasteiger partial charge in [0.1, 0.15) is 17.2 Å². The minimum atomic E-state index is -0.615. The first kappa shape index (κ1) is 21.3. The third-order valence-electron chi connectivity index (χ3n) is 4.49. The molecular weight excluding hydrogens is 401 g/mol. The Kier molecular flexibility index (Phi) is 5.73. The lowest BCUT2D eigenvalue weighted by molar-refractivity contribution is 0.0231. The van der Waals surface area contributed by atoms with Crippen molar-refractivity contribution in [3.05, 3.63) is 39.2 Å². The first-order valence-electron chi connectivity index (χ1n) is 9.38. The van der Waals surface area contributed by atoms with Crippen molar-refractivity contribution in [2.45, 2.75) is 39.3 Å². The molecule has 1 amide bonds. The van der Waals surface area contributed by atoms with Crippen molar-refractivity contribution in [1.82, 2.24) is 14.6 Å². The molecule has 1 aliphatic rings. The van der Waals surface area contributed by atoms with Crippen molar-refractivity contribution in [1.29, 1.82) is 0 Å². The Bertz CT molecular complexity index is 994. The fourth-order valence-corrected chi connectivity index (χ4v) is 3.44. The van der Waals surface area contributed by atoms with Crippen molar-refractivity contribution in [2.24, 2.45) is 5.73 Å². The van der Waals surface area contributed by atoms with Crippen molar-refractivity contribution in [3.63, 3.8) is 0 Å². The lowest BCUT2D eigenvalue weighted by Crippen LogP contribution is -2.57. The summed E-state index contributed by atoms with van der Waals surface area (Å²) in [6, 6.07) is 1.68. The molecule has 1 aromatic heterocycles. The van der Waals surface area contributed by atoms with Crippen LogP contribution < -0.4 is 16.3 Å². The molecule has 0 aliphatic carbocycles. The number of piperazine rings is 1. The van der Waals surface area contributed by atoms with Crippen LogP contribution in [-0.2, 0) is 4.74 Å². The minimum Gasteiger partial charge on any atom is -0.444 e. The Morgan fingerprint density at radius 3 is 2.45 bits per heavy atom. The second-order valence-corrected chi connectivity index (χ2v) is 8.49. The molecule has 2 aromatic rings. The van der Waals surface area contributed by atoms with E-state index in [1.807, 2.05) is 0 Å². The smallest absolute Gasteiger partial charge is 0.410 e. The van der Waals surface area contributed by atoms with Crippen LogP contribution in [0, 0.1) is 5.82 Å². The lowest BCUT2D eigenvalue weighted by Gasteiger charge is -2.38. The van der Waals surface area contributed by atoms with E-state index in [1.165, 1.54) is 4.68 Å². The van der Waals surface area contributed by atoms with Gasteiger partial charge in [-0.25, -0.2) is 18.8 Å². The number of carbonyl (C=O) groups excluding carboxylic acids is 1. The van der Waals surface area contributed by atoms with Gasteiger partial charge in [-0.1, -0.05) is 11.6 Å². The standard InChI is InChI=1S/C19H25ClFN5O3/c1-11(22)16-23-15-13(9-12(21)10-14(15)20)17(27)26(16)25-7-5-24(6-8-25)18(28)29-19(2,3)4/h9-11H,5-8,22H2,1-4H3. The molecule has 1 atom stereocenters. The third kappa shape index (κ3) is 4.45. The number of benzene rings is 1. The van der Waals surface area contributed by atoms with Crippen LogP contribution in [0.2, 0.25) is 5.02 Å². The monoisotopic (exact) mass is 425 g/mol. The van der Waals surface area contributed by atoms with Crippen LogP contribution in [0.1, 0.15) is 39.6 Å². The molecule has 0 radical (unpaired) electrons. The average molecular weight is 426 g/mol. The van der Waals surface area contributed by atoms with E-state index in [2.05, 4.69) is 4.98 Å². The van der Waals surface area contributed by atoms with E-state index in [0.717, 1.165) is 12.1 Å². The Morgan fingerprint density at radius 1 is 1.28 bits per heavy atom. The fraction of sp³-hybridized carbons (Fsp3) is 0.526. The van der Waals surface area contributed by atoms with E-state index in [0.29, 0.717) is 32.0 Å². The highest BCUT2D eigenvalue weighted by Crippen LogP contribution is 2.23. The summed E-state index contributed by atoms with van der Waals surface area (Å²) < 4.78 is 20.6. The molecule has 1 aliphatic heterocycles. The highest BCUT2D eigenvalue weighted by molar-refractivity contribution is 6.35. The summed E-state index contributed by atoms with van der Waals surface area (Å²) in [5.41, 5.74) is 5.24. The maximum Gasteiger partial charge on any atom is 0.410 e. The zero-order valence-corrected chi connectivity index (χ0v) is 17.7. The summed E-state index contributed by atoms with van der Waals surface area (Å²) in [7, 11) is 0. The maximum atomic E-state index is 13.8. The minimum absolute atomic E-state index is 0.0564. The SMILES string of the molecule is CC(N)c1nc2c(Cl)cc(F)cc2c(=O)n1N1CCN(C(=O)OC(C)(C)C)CC1. The molecule has 10 heteroatoms. The number of hydrogen-bond acceptors (Lipinski definition) is 6.